The zero-order valence-corrected chi connectivity index (χ0v) is 16.3. The fourth-order valence-corrected chi connectivity index (χ4v) is 2.79. The number of carbonyl (C=O) groups is 1. The summed E-state index contributed by atoms with van der Waals surface area (Å²) in [4.78, 5) is 28.8. The van der Waals surface area contributed by atoms with Gasteiger partial charge in [-0.15, -0.1) is 0 Å². The molecule has 2 aromatic rings. The zero-order chi connectivity index (χ0) is 19.3. The molecule has 7 heteroatoms. The molecule has 26 heavy (non-hydrogen) atoms. The minimum Gasteiger partial charge on any atom is -0.427 e. The topological polar surface area (TPSA) is 90.0 Å². The molecule has 0 atom stereocenters. The highest BCUT2D eigenvalue weighted by molar-refractivity contribution is 5.95. The Morgan fingerprint density at radius 3 is 2.62 bits per heavy atom. The van der Waals surface area contributed by atoms with Crippen LogP contribution in [0.2, 0.25) is 0 Å². The molecule has 0 saturated heterocycles. The summed E-state index contributed by atoms with van der Waals surface area (Å²) in [5.41, 5.74) is 0.176. The Morgan fingerprint density at radius 1 is 1.31 bits per heavy atom. The second-order valence-electron chi connectivity index (χ2n) is 7.03. The van der Waals surface area contributed by atoms with Crippen LogP contribution in [0.25, 0.3) is 0 Å². The van der Waals surface area contributed by atoms with Crippen molar-refractivity contribution in [2.75, 3.05) is 6.54 Å². The molecule has 2 rings (SSSR count). The predicted molar refractivity (Wildman–Crippen MR) is 99.3 cm³/mol. The smallest absolute Gasteiger partial charge is 0.349 e. The van der Waals surface area contributed by atoms with E-state index in [2.05, 4.69) is 29.2 Å². The van der Waals surface area contributed by atoms with E-state index in [0.717, 1.165) is 18.1 Å². The molecule has 142 valence electrons. The van der Waals surface area contributed by atoms with E-state index in [4.69, 9.17) is 4.42 Å². The van der Waals surface area contributed by atoms with Crippen molar-refractivity contribution in [2.24, 2.45) is 5.92 Å². The van der Waals surface area contributed by atoms with E-state index in [9.17, 15) is 9.59 Å². The van der Waals surface area contributed by atoms with Crippen LogP contribution in [0, 0.1) is 26.7 Å². The van der Waals surface area contributed by atoms with Gasteiger partial charge in [0.15, 0.2) is 0 Å². The van der Waals surface area contributed by atoms with E-state index in [0.29, 0.717) is 43.2 Å². The first kappa shape index (κ1) is 19.9. The first-order valence-electron chi connectivity index (χ1n) is 9.07. The largest absolute Gasteiger partial charge is 0.427 e. The Balaban J connectivity index is 1.92. The standard InChI is InChI=1S/C19H28N4O3/c1-12(2)7-8-16-11-13(3)17(19(25)26-16)18(24)20-9-6-10-23-15(5)21-14(4)22-23/h11-12H,6-10H2,1-5H3,(H,20,24). The van der Waals surface area contributed by atoms with Gasteiger partial charge in [-0.3, -0.25) is 9.48 Å². The average Bonchev–Trinajstić information content (AvgIpc) is 2.86. The Hall–Kier alpha value is -2.44. The van der Waals surface area contributed by atoms with E-state index < -0.39 is 11.5 Å². The molecule has 0 aliphatic heterocycles. The van der Waals surface area contributed by atoms with Gasteiger partial charge in [-0.25, -0.2) is 9.78 Å². The monoisotopic (exact) mass is 360 g/mol. The molecule has 0 aromatic carbocycles. The van der Waals surface area contributed by atoms with Gasteiger partial charge >= 0.3 is 5.63 Å². The first-order valence-corrected chi connectivity index (χ1v) is 9.07. The molecule has 0 aliphatic rings. The molecule has 2 heterocycles. The van der Waals surface area contributed by atoms with Crippen molar-refractivity contribution in [3.8, 4) is 0 Å². The van der Waals surface area contributed by atoms with Crippen LogP contribution in [-0.4, -0.2) is 27.2 Å². The van der Waals surface area contributed by atoms with E-state index in [1.54, 1.807) is 13.0 Å². The summed E-state index contributed by atoms with van der Waals surface area (Å²) < 4.78 is 7.13. The lowest BCUT2D eigenvalue weighted by atomic mass is 10.0. The maximum atomic E-state index is 12.3. The highest BCUT2D eigenvalue weighted by Gasteiger charge is 2.16. The third-order valence-corrected chi connectivity index (χ3v) is 4.19. The predicted octanol–water partition coefficient (Wildman–Crippen LogP) is 2.57. The van der Waals surface area contributed by atoms with Crippen molar-refractivity contribution >= 4 is 5.91 Å². The average molecular weight is 360 g/mol. The minimum absolute atomic E-state index is 0.0890. The third-order valence-electron chi connectivity index (χ3n) is 4.19. The van der Waals surface area contributed by atoms with Gasteiger partial charge in [0.1, 0.15) is 23.0 Å². The quantitative estimate of drug-likeness (QED) is 0.731. The number of hydrogen-bond donors (Lipinski definition) is 1. The molecule has 0 spiro atoms. The summed E-state index contributed by atoms with van der Waals surface area (Å²) in [6, 6.07) is 1.79. The fraction of sp³-hybridized carbons (Fsp3) is 0.579. The molecule has 0 unspecified atom stereocenters. The molecule has 7 nitrogen and oxygen atoms in total. The molecular formula is C19H28N4O3. The number of aryl methyl sites for hydroxylation is 5. The van der Waals surface area contributed by atoms with Crippen molar-refractivity contribution in [2.45, 2.75) is 60.4 Å². The Morgan fingerprint density at radius 2 is 2.04 bits per heavy atom. The molecule has 0 aliphatic carbocycles. The van der Waals surface area contributed by atoms with Gasteiger partial charge in [-0.05, 0) is 51.2 Å². The van der Waals surface area contributed by atoms with Crippen molar-refractivity contribution in [3.63, 3.8) is 0 Å². The molecule has 0 fully saturated rings. The Bertz CT molecular complexity index is 821. The van der Waals surface area contributed by atoms with E-state index in [1.165, 1.54) is 0 Å². The first-order chi connectivity index (χ1) is 12.3. The minimum atomic E-state index is -0.566. The van der Waals surface area contributed by atoms with Crippen molar-refractivity contribution in [1.82, 2.24) is 20.1 Å². The molecular weight excluding hydrogens is 332 g/mol. The lowest BCUT2D eigenvalue weighted by Crippen LogP contribution is -2.31. The van der Waals surface area contributed by atoms with Gasteiger partial charge in [0.2, 0.25) is 0 Å². The van der Waals surface area contributed by atoms with Crippen LogP contribution in [0.5, 0.6) is 0 Å². The van der Waals surface area contributed by atoms with Crippen molar-refractivity contribution in [3.05, 3.63) is 45.0 Å². The molecule has 0 bridgehead atoms. The summed E-state index contributed by atoms with van der Waals surface area (Å²) in [6.45, 7) is 10.9. The number of nitrogens with one attached hydrogen (secondary N) is 1. The van der Waals surface area contributed by atoms with E-state index >= 15 is 0 Å². The number of amides is 1. The van der Waals surface area contributed by atoms with Crippen LogP contribution in [0.1, 0.15) is 60.0 Å². The van der Waals surface area contributed by atoms with Crippen LogP contribution in [0.4, 0.5) is 0 Å². The second kappa shape index (κ2) is 8.78. The summed E-state index contributed by atoms with van der Waals surface area (Å²) in [6.07, 6.45) is 2.34. The second-order valence-corrected chi connectivity index (χ2v) is 7.03. The van der Waals surface area contributed by atoms with Gasteiger partial charge in [0.05, 0.1) is 0 Å². The fourth-order valence-electron chi connectivity index (χ4n) is 2.79. The summed E-state index contributed by atoms with van der Waals surface area (Å²) in [5.74, 6) is 2.36. The van der Waals surface area contributed by atoms with Gasteiger partial charge < -0.3 is 9.73 Å². The van der Waals surface area contributed by atoms with Crippen LogP contribution in [0.3, 0.4) is 0 Å². The number of nitrogens with zero attached hydrogens (tertiary/aromatic N) is 3. The van der Waals surface area contributed by atoms with Gasteiger partial charge in [0.25, 0.3) is 5.91 Å². The maximum absolute atomic E-state index is 12.3. The third kappa shape index (κ3) is 5.28. The molecule has 0 radical (unpaired) electrons. The van der Waals surface area contributed by atoms with E-state index in [-0.39, 0.29) is 5.56 Å². The maximum Gasteiger partial charge on any atom is 0.349 e. The molecule has 1 N–H and O–H groups in total. The van der Waals surface area contributed by atoms with Crippen LogP contribution in [0.15, 0.2) is 15.3 Å². The molecule has 2 aromatic heterocycles. The lowest BCUT2D eigenvalue weighted by Gasteiger charge is -2.09. The van der Waals surface area contributed by atoms with Crippen molar-refractivity contribution in [1.29, 1.82) is 0 Å². The Labute approximate surface area is 153 Å². The van der Waals surface area contributed by atoms with Crippen LogP contribution in [-0.2, 0) is 13.0 Å². The van der Waals surface area contributed by atoms with Crippen LogP contribution >= 0.6 is 0 Å². The normalized spacial score (nSPS) is 11.2. The van der Waals surface area contributed by atoms with Crippen LogP contribution < -0.4 is 10.9 Å². The molecule has 0 saturated carbocycles. The number of rotatable bonds is 8. The van der Waals surface area contributed by atoms with Gasteiger partial charge in [-0.2, -0.15) is 5.10 Å². The van der Waals surface area contributed by atoms with Gasteiger partial charge in [-0.1, -0.05) is 13.8 Å². The van der Waals surface area contributed by atoms with E-state index in [1.807, 2.05) is 18.5 Å². The highest BCUT2D eigenvalue weighted by Crippen LogP contribution is 2.11. The SMILES string of the molecule is Cc1nc(C)n(CCCNC(=O)c2c(C)cc(CCC(C)C)oc2=O)n1. The zero-order valence-electron chi connectivity index (χ0n) is 16.3. The highest BCUT2D eigenvalue weighted by atomic mass is 16.4. The van der Waals surface area contributed by atoms with Gasteiger partial charge in [0, 0.05) is 19.5 Å². The lowest BCUT2D eigenvalue weighted by molar-refractivity contribution is 0.0947. The summed E-state index contributed by atoms with van der Waals surface area (Å²) in [7, 11) is 0. The van der Waals surface area contributed by atoms with Crippen molar-refractivity contribution < 1.29 is 9.21 Å². The summed E-state index contributed by atoms with van der Waals surface area (Å²) >= 11 is 0. The molecule has 1 amide bonds. The summed E-state index contributed by atoms with van der Waals surface area (Å²) in [5, 5.41) is 7.07. The number of carbonyl (C=O) groups excluding carboxylic acids is 1. The number of hydrogen-bond acceptors (Lipinski definition) is 5. The Kier molecular flexibility index (Phi) is 6.71. The number of aromatic nitrogens is 3.